The van der Waals surface area contributed by atoms with E-state index in [4.69, 9.17) is 4.74 Å². The van der Waals surface area contributed by atoms with E-state index in [9.17, 15) is 37.1 Å². The second-order valence-corrected chi connectivity index (χ2v) is 22.8. The third kappa shape index (κ3) is 10.6. The van der Waals surface area contributed by atoms with Crippen LogP contribution in [0.4, 0.5) is 16.2 Å². The topological polar surface area (TPSA) is 178 Å². The number of carbonyl (C=O) groups is 1. The van der Waals surface area contributed by atoms with Crippen LogP contribution in [0.1, 0.15) is 140 Å². The van der Waals surface area contributed by atoms with E-state index < -0.39 is 43.7 Å². The van der Waals surface area contributed by atoms with Gasteiger partial charge in [0.2, 0.25) is 5.69 Å². The summed E-state index contributed by atoms with van der Waals surface area (Å²) in [5.41, 5.74) is 9.19. The number of hydrogen-bond acceptors (Lipinski definition) is 9. The van der Waals surface area contributed by atoms with E-state index in [1.54, 1.807) is 6.07 Å². The SMILES string of the molecule is CC(C)(C)OC(=O)N(C1=C(/C=C/C2=[N+](CCCCS(=O)[O-])c3ccc(C#N)cc3C2(C)C)c2ccccc2/C1=C\C=C1\N(CCCCS(=O)(=O)O)c2ccc(C#N)cc2C1(C)C)C1CCCCC1. The zero-order valence-corrected chi connectivity index (χ0v) is 41.9. The van der Waals surface area contributed by atoms with Crippen LogP contribution in [0.15, 0.2) is 96.4 Å². The predicted octanol–water partition coefficient (Wildman–Crippen LogP) is 10.7. The summed E-state index contributed by atoms with van der Waals surface area (Å²) < 4.78 is 64.5. The Hall–Kier alpha value is -5.64. The number of benzene rings is 3. The Kier molecular flexibility index (Phi) is 14.9. The summed E-state index contributed by atoms with van der Waals surface area (Å²) >= 11 is -2.15. The second-order valence-electron chi connectivity index (χ2n) is 20.2. The van der Waals surface area contributed by atoms with E-state index in [0.717, 1.165) is 94.0 Å². The van der Waals surface area contributed by atoms with Gasteiger partial charge in [-0.15, -0.1) is 0 Å². The third-order valence-corrected chi connectivity index (χ3v) is 15.0. The van der Waals surface area contributed by atoms with Crippen LogP contribution >= 0.6 is 0 Å². The number of allylic oxidation sites excluding steroid dienone is 7. The highest BCUT2D eigenvalue weighted by Crippen LogP contribution is 2.51. The number of fused-ring (bicyclic) bond motifs is 3. The summed E-state index contributed by atoms with van der Waals surface area (Å²) in [6.45, 7) is 15.2. The number of unbranched alkanes of at least 4 members (excludes halogenated alkanes) is 2. The number of carbonyl (C=O) groups excluding carboxylic acids is 1. The number of ether oxygens (including phenoxy) is 1. The monoisotopic (exact) mass is 957 g/mol. The quantitative estimate of drug-likeness (QED) is 0.0667. The van der Waals surface area contributed by atoms with Crippen molar-refractivity contribution in [2.45, 2.75) is 129 Å². The lowest BCUT2D eigenvalue weighted by Crippen LogP contribution is -2.43. The fraction of sp³-hybridized carbons (Fsp3) is 0.444. The molecule has 1 N–H and O–H groups in total. The van der Waals surface area contributed by atoms with Gasteiger partial charge in [-0.05, 0) is 126 Å². The average molecular weight is 958 g/mol. The van der Waals surface area contributed by atoms with Crippen molar-refractivity contribution in [2.75, 3.05) is 29.5 Å². The summed E-state index contributed by atoms with van der Waals surface area (Å²) in [5, 5.41) is 19.8. The van der Waals surface area contributed by atoms with Gasteiger partial charge in [-0.1, -0.05) is 74.5 Å². The number of nitriles is 2. The smallest absolute Gasteiger partial charge is 0.415 e. The number of rotatable bonds is 15. The number of anilines is 1. The Bertz CT molecular complexity index is 2860. The van der Waals surface area contributed by atoms with E-state index in [-0.39, 0.29) is 24.0 Å². The molecule has 1 saturated carbocycles. The molecule has 14 heteroatoms. The first kappa shape index (κ1) is 50.2. The molecule has 1 atom stereocenters. The van der Waals surface area contributed by atoms with Crippen molar-refractivity contribution in [1.82, 2.24) is 4.90 Å². The van der Waals surface area contributed by atoms with E-state index in [2.05, 4.69) is 85.7 Å². The van der Waals surface area contributed by atoms with Crippen LogP contribution in [-0.4, -0.2) is 79.3 Å². The lowest BCUT2D eigenvalue weighted by atomic mass is 9.80. The van der Waals surface area contributed by atoms with Crippen molar-refractivity contribution in [3.63, 3.8) is 0 Å². The first-order chi connectivity index (χ1) is 32.2. The molecule has 3 aromatic rings. The van der Waals surface area contributed by atoms with Crippen LogP contribution in [-0.2, 0) is 36.8 Å². The summed E-state index contributed by atoms with van der Waals surface area (Å²) in [5.74, 6) is -0.278. The molecule has 2 aliphatic heterocycles. The van der Waals surface area contributed by atoms with Crippen LogP contribution in [0.25, 0.3) is 11.1 Å². The Morgan fingerprint density at radius 2 is 1.57 bits per heavy atom. The van der Waals surface area contributed by atoms with E-state index in [0.29, 0.717) is 43.5 Å². The zero-order chi connectivity index (χ0) is 49.2. The molecule has 1 unspecified atom stereocenters. The molecule has 1 amide bonds. The molecule has 0 bridgehead atoms. The molecule has 68 heavy (non-hydrogen) atoms. The minimum absolute atomic E-state index is 0.0680. The molecule has 0 radical (unpaired) electrons. The van der Waals surface area contributed by atoms with Crippen molar-refractivity contribution in [2.24, 2.45) is 0 Å². The number of nitrogens with zero attached hydrogens (tertiary/aromatic N) is 5. The van der Waals surface area contributed by atoms with Gasteiger partial charge < -0.3 is 14.2 Å². The van der Waals surface area contributed by atoms with Gasteiger partial charge in [0, 0.05) is 70.4 Å². The predicted molar refractivity (Wildman–Crippen MR) is 268 cm³/mol. The standard InChI is InChI=1S/C54H63N5O7S2/c1-52(2,3)66-51(60)59(39-17-9-8-10-18-39)50-42(23-27-48-53(4,5)44-33-37(35-55)21-25-46(44)57(48)29-13-15-31-67(61)62)40-19-11-12-20-41(40)43(50)24-28-49-54(6,7)45-34-38(36-56)22-26-47(45)58(49)30-14-16-32-68(63,64)65/h11-12,19-28,33-34,39H,8-10,13-18,29-32H2,1-7H3,(H-,61,62,63,64,65). The van der Waals surface area contributed by atoms with Crippen molar-refractivity contribution >= 4 is 55.5 Å². The van der Waals surface area contributed by atoms with Gasteiger partial charge in [-0.3, -0.25) is 13.7 Å². The zero-order valence-electron chi connectivity index (χ0n) is 40.3. The third-order valence-electron chi connectivity index (χ3n) is 13.6. The Labute approximate surface area is 405 Å². The van der Waals surface area contributed by atoms with Crippen LogP contribution in [0.2, 0.25) is 0 Å². The molecule has 358 valence electrons. The maximum atomic E-state index is 15.0. The molecule has 1 fully saturated rings. The maximum absolute atomic E-state index is 15.0. The molecule has 12 nitrogen and oxygen atoms in total. The molecular weight excluding hydrogens is 895 g/mol. The van der Waals surface area contributed by atoms with Gasteiger partial charge >= 0.3 is 6.09 Å². The summed E-state index contributed by atoms with van der Waals surface area (Å²) in [4.78, 5) is 19.0. The largest absolute Gasteiger partial charge is 0.772 e. The van der Waals surface area contributed by atoms with E-state index >= 15 is 0 Å². The molecule has 2 aliphatic carbocycles. The first-order valence-corrected chi connectivity index (χ1v) is 26.5. The summed E-state index contributed by atoms with van der Waals surface area (Å²) in [7, 11) is -4.14. The summed E-state index contributed by atoms with van der Waals surface area (Å²) in [6.07, 6.45) is 14.4. The molecule has 0 spiro atoms. The van der Waals surface area contributed by atoms with Gasteiger partial charge in [-0.25, -0.2) is 4.79 Å². The normalized spacial score (nSPS) is 19.3. The fourth-order valence-electron chi connectivity index (χ4n) is 10.4. The first-order valence-electron chi connectivity index (χ1n) is 23.7. The minimum atomic E-state index is -4.14. The Morgan fingerprint density at radius 3 is 2.22 bits per heavy atom. The molecular formula is C54H63N5O7S2. The van der Waals surface area contributed by atoms with Crippen LogP contribution in [0.5, 0.6) is 0 Å². The minimum Gasteiger partial charge on any atom is -0.772 e. The van der Waals surface area contributed by atoms with Gasteiger partial charge in [-0.2, -0.15) is 23.5 Å². The highest BCUT2D eigenvalue weighted by atomic mass is 32.2. The highest BCUT2D eigenvalue weighted by Gasteiger charge is 2.46. The molecule has 0 saturated heterocycles. The second kappa shape index (κ2) is 20.1. The molecule has 3 aromatic carbocycles. The van der Waals surface area contributed by atoms with Crippen LogP contribution in [0, 0.1) is 22.7 Å². The van der Waals surface area contributed by atoms with E-state index in [1.165, 1.54) is 0 Å². The summed E-state index contributed by atoms with van der Waals surface area (Å²) in [6, 6.07) is 24.0. The van der Waals surface area contributed by atoms with Crippen molar-refractivity contribution in [3.05, 3.63) is 130 Å². The van der Waals surface area contributed by atoms with Gasteiger partial charge in [0.25, 0.3) is 10.1 Å². The molecule has 0 aromatic heterocycles. The van der Waals surface area contributed by atoms with Crippen LogP contribution in [0.3, 0.4) is 0 Å². The molecule has 2 heterocycles. The number of amides is 1. The molecule has 7 rings (SSSR count). The highest BCUT2D eigenvalue weighted by molar-refractivity contribution is 7.85. The Morgan fingerprint density at radius 1 is 0.912 bits per heavy atom. The average Bonchev–Trinajstić information content (AvgIpc) is 3.78. The van der Waals surface area contributed by atoms with Crippen molar-refractivity contribution < 1.29 is 35.8 Å². The number of hydrogen-bond donors (Lipinski definition) is 1. The lowest BCUT2D eigenvalue weighted by molar-refractivity contribution is -0.438. The van der Waals surface area contributed by atoms with Gasteiger partial charge in [0.05, 0.1) is 40.1 Å². The maximum Gasteiger partial charge on any atom is 0.415 e. The fourth-order valence-corrected chi connectivity index (χ4v) is 11.4. The van der Waals surface area contributed by atoms with Crippen molar-refractivity contribution in [1.29, 1.82) is 10.5 Å². The Balaban J connectivity index is 1.45. The van der Waals surface area contributed by atoms with Gasteiger partial charge in [0.15, 0.2) is 5.71 Å². The van der Waals surface area contributed by atoms with E-state index in [1.807, 2.05) is 68.1 Å². The molecule has 4 aliphatic rings. The van der Waals surface area contributed by atoms with Crippen LogP contribution < -0.4 is 4.90 Å². The van der Waals surface area contributed by atoms with Gasteiger partial charge in [0.1, 0.15) is 12.1 Å². The lowest BCUT2D eigenvalue weighted by Gasteiger charge is -2.37. The van der Waals surface area contributed by atoms with Crippen molar-refractivity contribution in [3.8, 4) is 12.1 Å².